The average Bonchev–Trinajstić information content (AvgIpc) is 2.46. The molecule has 2 amide bonds. The van der Waals surface area contributed by atoms with Gasteiger partial charge in [0, 0.05) is 0 Å². The van der Waals surface area contributed by atoms with Crippen molar-refractivity contribution in [1.82, 2.24) is 5.32 Å². The van der Waals surface area contributed by atoms with E-state index in [0.717, 1.165) is 5.56 Å². The number of fused-ring (bicyclic) bond motifs is 1. The Morgan fingerprint density at radius 3 is 2.21 bits per heavy atom. The first-order valence-corrected chi connectivity index (χ1v) is 4.65. The van der Waals surface area contributed by atoms with Gasteiger partial charge in [-0.1, -0.05) is 25.5 Å². The highest BCUT2D eigenvalue weighted by atomic mass is 16.2. The lowest BCUT2D eigenvalue weighted by molar-refractivity contribution is 0.0879. The molecule has 0 aromatic heterocycles. The molecule has 0 unspecified atom stereocenters. The normalized spacial score (nSPS) is 12.8. The summed E-state index contributed by atoms with van der Waals surface area (Å²) in [7, 11) is 0. The van der Waals surface area contributed by atoms with Crippen LogP contribution in [0, 0.1) is 6.92 Å². The van der Waals surface area contributed by atoms with Crippen LogP contribution in [0.2, 0.25) is 0 Å². The summed E-state index contributed by atoms with van der Waals surface area (Å²) >= 11 is 0. The largest absolute Gasteiger partial charge is 0.288 e. The molecule has 14 heavy (non-hydrogen) atoms. The summed E-state index contributed by atoms with van der Waals surface area (Å²) in [6, 6.07) is 5.21. The Kier molecular flexibility index (Phi) is 3.02. The van der Waals surface area contributed by atoms with Crippen LogP contribution in [-0.4, -0.2) is 11.8 Å². The van der Waals surface area contributed by atoms with Gasteiger partial charge < -0.3 is 0 Å². The van der Waals surface area contributed by atoms with E-state index >= 15 is 0 Å². The molecule has 0 saturated carbocycles. The summed E-state index contributed by atoms with van der Waals surface area (Å²) in [5, 5.41) is 2.23. The van der Waals surface area contributed by atoms with Gasteiger partial charge in [0.1, 0.15) is 0 Å². The van der Waals surface area contributed by atoms with Crippen molar-refractivity contribution in [3.05, 3.63) is 34.9 Å². The Morgan fingerprint density at radius 1 is 1.00 bits per heavy atom. The maximum atomic E-state index is 11.1. The van der Waals surface area contributed by atoms with E-state index in [1.165, 1.54) is 0 Å². The summed E-state index contributed by atoms with van der Waals surface area (Å²) in [6.45, 7) is 5.89. The number of nitrogens with one attached hydrogen (secondary N) is 1. The molecule has 0 spiro atoms. The first kappa shape index (κ1) is 10.4. The van der Waals surface area contributed by atoms with Crippen LogP contribution in [-0.2, 0) is 0 Å². The van der Waals surface area contributed by atoms with Crippen LogP contribution in [0.15, 0.2) is 18.2 Å². The fourth-order valence-corrected chi connectivity index (χ4v) is 1.28. The van der Waals surface area contributed by atoms with Crippen molar-refractivity contribution in [3.8, 4) is 0 Å². The first-order valence-electron chi connectivity index (χ1n) is 4.65. The minimum Gasteiger partial charge on any atom is -0.288 e. The third-order valence-corrected chi connectivity index (χ3v) is 1.89. The Balaban J connectivity index is 0.000000461. The van der Waals surface area contributed by atoms with E-state index in [2.05, 4.69) is 5.32 Å². The first-order chi connectivity index (χ1) is 6.68. The van der Waals surface area contributed by atoms with Gasteiger partial charge in [-0.15, -0.1) is 0 Å². The zero-order valence-electron chi connectivity index (χ0n) is 8.55. The molecule has 1 N–H and O–H groups in total. The summed E-state index contributed by atoms with van der Waals surface area (Å²) < 4.78 is 0. The number of carbonyl (C=O) groups is 2. The lowest BCUT2D eigenvalue weighted by atomic mass is 10.1. The Hall–Kier alpha value is -1.64. The van der Waals surface area contributed by atoms with Crippen molar-refractivity contribution >= 4 is 11.8 Å². The molecule has 3 nitrogen and oxygen atoms in total. The van der Waals surface area contributed by atoms with Crippen LogP contribution in [0.25, 0.3) is 0 Å². The van der Waals surface area contributed by atoms with Crippen LogP contribution >= 0.6 is 0 Å². The number of benzene rings is 1. The molecule has 0 bridgehead atoms. The Labute approximate surface area is 83.1 Å². The number of amides is 2. The van der Waals surface area contributed by atoms with E-state index in [1.807, 2.05) is 26.8 Å². The molecule has 0 saturated heterocycles. The highest BCUT2D eigenvalue weighted by Crippen LogP contribution is 2.16. The molecule has 1 heterocycles. The van der Waals surface area contributed by atoms with Gasteiger partial charge in [0.25, 0.3) is 11.8 Å². The van der Waals surface area contributed by atoms with Crippen LogP contribution in [0.3, 0.4) is 0 Å². The lowest BCUT2D eigenvalue weighted by Crippen LogP contribution is -2.19. The van der Waals surface area contributed by atoms with E-state index in [9.17, 15) is 9.59 Å². The topological polar surface area (TPSA) is 46.2 Å². The maximum Gasteiger partial charge on any atom is 0.258 e. The second-order valence-corrected chi connectivity index (χ2v) is 2.83. The third kappa shape index (κ3) is 1.66. The predicted molar refractivity (Wildman–Crippen MR) is 54.3 cm³/mol. The maximum absolute atomic E-state index is 11.1. The molecule has 74 valence electrons. The second-order valence-electron chi connectivity index (χ2n) is 2.83. The van der Waals surface area contributed by atoms with Crippen molar-refractivity contribution in [2.45, 2.75) is 20.8 Å². The number of hydrogen-bond acceptors (Lipinski definition) is 2. The highest BCUT2D eigenvalue weighted by molar-refractivity contribution is 6.21. The zero-order chi connectivity index (χ0) is 10.7. The second kappa shape index (κ2) is 4.05. The summed E-state index contributed by atoms with van der Waals surface area (Å²) in [6.07, 6.45) is 0. The van der Waals surface area contributed by atoms with E-state index in [0.29, 0.717) is 11.1 Å². The molecule has 2 rings (SSSR count). The molecule has 0 fully saturated rings. The van der Waals surface area contributed by atoms with Gasteiger partial charge >= 0.3 is 0 Å². The molecular weight excluding hydrogens is 178 g/mol. The molecule has 0 atom stereocenters. The van der Waals surface area contributed by atoms with Gasteiger partial charge in [-0.3, -0.25) is 14.9 Å². The molecule has 0 radical (unpaired) electrons. The predicted octanol–water partition coefficient (Wildman–Crippen LogP) is 1.90. The fraction of sp³-hybridized carbons (Fsp3) is 0.273. The number of imide groups is 1. The molecule has 1 aliphatic heterocycles. The molecule has 1 aromatic rings. The van der Waals surface area contributed by atoms with Gasteiger partial charge in [0.2, 0.25) is 0 Å². The SMILES string of the molecule is CC.Cc1ccc2c(c1)C(=O)NC2=O. The van der Waals surface area contributed by atoms with Crippen molar-refractivity contribution < 1.29 is 9.59 Å². The Bertz CT molecular complexity index is 383. The van der Waals surface area contributed by atoms with Crippen LogP contribution in [0.1, 0.15) is 40.1 Å². The number of carbonyl (C=O) groups excluding carboxylic acids is 2. The molecule has 0 aliphatic carbocycles. The van der Waals surface area contributed by atoms with Crippen molar-refractivity contribution in [3.63, 3.8) is 0 Å². The zero-order valence-corrected chi connectivity index (χ0v) is 8.55. The minimum atomic E-state index is -0.296. The summed E-state index contributed by atoms with van der Waals surface area (Å²) in [4.78, 5) is 22.2. The molecule has 1 aliphatic rings. The number of aryl methyl sites for hydroxylation is 1. The van der Waals surface area contributed by atoms with Crippen molar-refractivity contribution in [1.29, 1.82) is 0 Å². The number of rotatable bonds is 0. The quantitative estimate of drug-likeness (QED) is 0.636. The van der Waals surface area contributed by atoms with Crippen LogP contribution < -0.4 is 5.32 Å². The van der Waals surface area contributed by atoms with Gasteiger partial charge in [0.15, 0.2) is 0 Å². The monoisotopic (exact) mass is 191 g/mol. The molecule has 1 aromatic carbocycles. The summed E-state index contributed by atoms with van der Waals surface area (Å²) in [5.74, 6) is -0.589. The average molecular weight is 191 g/mol. The molecule has 3 heteroatoms. The fourth-order valence-electron chi connectivity index (χ4n) is 1.28. The van der Waals surface area contributed by atoms with Crippen molar-refractivity contribution in [2.75, 3.05) is 0 Å². The van der Waals surface area contributed by atoms with E-state index in [4.69, 9.17) is 0 Å². The molecular formula is C11H13NO2. The highest BCUT2D eigenvalue weighted by Gasteiger charge is 2.25. The third-order valence-electron chi connectivity index (χ3n) is 1.89. The Morgan fingerprint density at radius 2 is 1.57 bits per heavy atom. The van der Waals surface area contributed by atoms with Gasteiger partial charge in [-0.2, -0.15) is 0 Å². The van der Waals surface area contributed by atoms with Gasteiger partial charge in [0.05, 0.1) is 11.1 Å². The van der Waals surface area contributed by atoms with Crippen LogP contribution in [0.5, 0.6) is 0 Å². The standard InChI is InChI=1S/C9H7NO2.C2H6/c1-5-2-3-6-7(4-5)9(12)10-8(6)11;1-2/h2-4H,1H3,(H,10,11,12);1-2H3. The summed E-state index contributed by atoms with van der Waals surface area (Å²) in [5.41, 5.74) is 1.95. The van der Waals surface area contributed by atoms with E-state index < -0.39 is 0 Å². The van der Waals surface area contributed by atoms with Crippen LogP contribution in [0.4, 0.5) is 0 Å². The van der Waals surface area contributed by atoms with E-state index in [-0.39, 0.29) is 11.8 Å². The van der Waals surface area contributed by atoms with Gasteiger partial charge in [-0.25, -0.2) is 0 Å². The number of hydrogen-bond donors (Lipinski definition) is 1. The van der Waals surface area contributed by atoms with Crippen molar-refractivity contribution in [2.24, 2.45) is 0 Å². The minimum absolute atomic E-state index is 0.293. The lowest BCUT2D eigenvalue weighted by Gasteiger charge is -1.94. The van der Waals surface area contributed by atoms with E-state index in [1.54, 1.807) is 12.1 Å². The smallest absolute Gasteiger partial charge is 0.258 e. The van der Waals surface area contributed by atoms with Gasteiger partial charge in [-0.05, 0) is 19.1 Å².